The Kier molecular flexibility index (Phi) is 5.16. The lowest BCUT2D eigenvalue weighted by atomic mass is 10.2. The molecule has 0 aliphatic rings. The maximum Gasteiger partial charge on any atom is 0.119 e. The van der Waals surface area contributed by atoms with Gasteiger partial charge in [-0.15, -0.1) is 11.8 Å². The van der Waals surface area contributed by atoms with Gasteiger partial charge in [0.25, 0.3) is 0 Å². The molecule has 0 spiro atoms. The molecule has 0 bridgehead atoms. The summed E-state index contributed by atoms with van der Waals surface area (Å²) in [6.07, 6.45) is 2.06. The summed E-state index contributed by atoms with van der Waals surface area (Å²) in [6.45, 7) is 0.510. The molecule has 19 heavy (non-hydrogen) atoms. The van der Waals surface area contributed by atoms with E-state index in [-0.39, 0.29) is 0 Å². The fourth-order valence-corrected chi connectivity index (χ4v) is 2.39. The highest BCUT2D eigenvalue weighted by molar-refractivity contribution is 9.10. The first-order valence-electron chi connectivity index (χ1n) is 5.82. The van der Waals surface area contributed by atoms with Crippen LogP contribution in [0.15, 0.2) is 51.8 Å². The predicted molar refractivity (Wildman–Crippen MR) is 83.2 cm³/mol. The molecule has 0 unspecified atom stereocenters. The molecule has 100 valence electrons. The van der Waals surface area contributed by atoms with E-state index in [1.165, 1.54) is 4.90 Å². The number of hydrogen-bond donors (Lipinski definition) is 0. The van der Waals surface area contributed by atoms with Gasteiger partial charge in [-0.1, -0.05) is 15.9 Å². The average Bonchev–Trinajstić information content (AvgIpc) is 2.47. The van der Waals surface area contributed by atoms with Gasteiger partial charge in [0.15, 0.2) is 0 Å². The highest BCUT2D eigenvalue weighted by Gasteiger charge is 2.03. The van der Waals surface area contributed by atoms with Crippen LogP contribution in [0.4, 0.5) is 0 Å². The summed E-state index contributed by atoms with van der Waals surface area (Å²) in [7, 11) is 1.66. The number of rotatable bonds is 5. The minimum absolute atomic E-state index is 0.510. The lowest BCUT2D eigenvalue weighted by molar-refractivity contribution is 0.304. The van der Waals surface area contributed by atoms with Crippen molar-refractivity contribution in [2.24, 2.45) is 0 Å². The minimum atomic E-state index is 0.510. The lowest BCUT2D eigenvalue weighted by Gasteiger charge is -2.10. The Morgan fingerprint density at radius 2 is 1.74 bits per heavy atom. The van der Waals surface area contributed by atoms with Crippen LogP contribution in [0.1, 0.15) is 5.56 Å². The third-order valence-corrected chi connectivity index (χ3v) is 4.22. The molecule has 0 heterocycles. The van der Waals surface area contributed by atoms with Crippen LogP contribution in [0.3, 0.4) is 0 Å². The van der Waals surface area contributed by atoms with Crippen molar-refractivity contribution in [2.75, 3.05) is 13.4 Å². The quantitative estimate of drug-likeness (QED) is 0.732. The standard InChI is InChI=1S/C15H15BrO2S/c1-17-13-5-8-15(16)11(9-13)10-18-12-3-6-14(19-2)7-4-12/h3-9H,10H2,1-2H3. The Hall–Kier alpha value is -1.13. The minimum Gasteiger partial charge on any atom is -0.497 e. The van der Waals surface area contributed by atoms with E-state index in [0.29, 0.717) is 6.61 Å². The van der Waals surface area contributed by atoms with E-state index in [2.05, 4.69) is 34.3 Å². The van der Waals surface area contributed by atoms with Gasteiger partial charge >= 0.3 is 0 Å². The van der Waals surface area contributed by atoms with Gasteiger partial charge in [0, 0.05) is 14.9 Å². The summed E-state index contributed by atoms with van der Waals surface area (Å²) < 4.78 is 12.0. The second kappa shape index (κ2) is 6.87. The Morgan fingerprint density at radius 1 is 1.05 bits per heavy atom. The van der Waals surface area contributed by atoms with Crippen LogP contribution in [-0.4, -0.2) is 13.4 Å². The van der Waals surface area contributed by atoms with Crippen molar-refractivity contribution in [2.45, 2.75) is 11.5 Å². The zero-order chi connectivity index (χ0) is 13.7. The molecule has 0 amide bonds. The second-order valence-corrected chi connectivity index (χ2v) is 5.66. The normalized spacial score (nSPS) is 10.3. The summed E-state index contributed by atoms with van der Waals surface area (Å²) in [6, 6.07) is 13.9. The first-order valence-corrected chi connectivity index (χ1v) is 7.84. The Morgan fingerprint density at radius 3 is 2.37 bits per heavy atom. The van der Waals surface area contributed by atoms with Gasteiger partial charge in [0.2, 0.25) is 0 Å². The maximum absolute atomic E-state index is 5.78. The van der Waals surface area contributed by atoms with Crippen molar-refractivity contribution in [3.05, 3.63) is 52.5 Å². The Balaban J connectivity index is 2.05. The van der Waals surface area contributed by atoms with E-state index < -0.39 is 0 Å². The number of benzene rings is 2. The molecule has 2 nitrogen and oxygen atoms in total. The number of ether oxygens (including phenoxy) is 2. The van der Waals surface area contributed by atoms with Crippen molar-refractivity contribution in [1.29, 1.82) is 0 Å². The highest BCUT2D eigenvalue weighted by atomic mass is 79.9. The highest BCUT2D eigenvalue weighted by Crippen LogP contribution is 2.25. The Labute approximate surface area is 126 Å². The largest absolute Gasteiger partial charge is 0.497 e. The SMILES string of the molecule is COc1ccc(Br)c(COc2ccc(SC)cc2)c1. The molecule has 0 aliphatic heterocycles. The molecular weight excluding hydrogens is 324 g/mol. The molecule has 0 saturated carbocycles. The zero-order valence-corrected chi connectivity index (χ0v) is 13.3. The summed E-state index contributed by atoms with van der Waals surface area (Å²) >= 11 is 5.24. The van der Waals surface area contributed by atoms with E-state index in [9.17, 15) is 0 Å². The molecule has 0 fully saturated rings. The fraction of sp³-hybridized carbons (Fsp3) is 0.200. The van der Waals surface area contributed by atoms with Gasteiger partial charge in [0.1, 0.15) is 18.1 Å². The molecule has 4 heteroatoms. The van der Waals surface area contributed by atoms with Crippen LogP contribution in [-0.2, 0) is 6.61 Å². The van der Waals surface area contributed by atoms with Crippen molar-refractivity contribution in [3.8, 4) is 11.5 Å². The smallest absolute Gasteiger partial charge is 0.119 e. The molecule has 0 saturated heterocycles. The molecule has 0 radical (unpaired) electrons. The molecule has 0 aromatic heterocycles. The van der Waals surface area contributed by atoms with Crippen molar-refractivity contribution >= 4 is 27.7 Å². The van der Waals surface area contributed by atoms with E-state index in [1.54, 1.807) is 18.9 Å². The van der Waals surface area contributed by atoms with Gasteiger partial charge < -0.3 is 9.47 Å². The van der Waals surface area contributed by atoms with Crippen LogP contribution in [0.2, 0.25) is 0 Å². The summed E-state index contributed by atoms with van der Waals surface area (Å²) in [5.41, 5.74) is 1.06. The zero-order valence-electron chi connectivity index (χ0n) is 10.9. The molecule has 2 aromatic rings. The molecule has 0 atom stereocenters. The van der Waals surface area contributed by atoms with E-state index in [0.717, 1.165) is 21.5 Å². The summed E-state index contributed by atoms with van der Waals surface area (Å²) in [4.78, 5) is 1.23. The average molecular weight is 339 g/mol. The van der Waals surface area contributed by atoms with Gasteiger partial charge in [-0.2, -0.15) is 0 Å². The number of halogens is 1. The Bertz CT molecular complexity index is 540. The molecule has 2 rings (SSSR count). The third-order valence-electron chi connectivity index (χ3n) is 2.71. The second-order valence-electron chi connectivity index (χ2n) is 3.92. The van der Waals surface area contributed by atoms with Crippen molar-refractivity contribution in [3.63, 3.8) is 0 Å². The predicted octanol–water partition coefficient (Wildman–Crippen LogP) is 4.76. The maximum atomic E-state index is 5.78. The van der Waals surface area contributed by atoms with E-state index in [1.807, 2.05) is 30.3 Å². The number of hydrogen-bond acceptors (Lipinski definition) is 3. The monoisotopic (exact) mass is 338 g/mol. The van der Waals surface area contributed by atoms with Crippen LogP contribution in [0.5, 0.6) is 11.5 Å². The fourth-order valence-electron chi connectivity index (χ4n) is 1.62. The molecule has 2 aromatic carbocycles. The van der Waals surface area contributed by atoms with Crippen molar-refractivity contribution in [1.82, 2.24) is 0 Å². The topological polar surface area (TPSA) is 18.5 Å². The van der Waals surface area contributed by atoms with Crippen LogP contribution < -0.4 is 9.47 Å². The summed E-state index contributed by atoms with van der Waals surface area (Å²) in [5.74, 6) is 1.70. The van der Waals surface area contributed by atoms with Gasteiger partial charge in [-0.25, -0.2) is 0 Å². The molecule has 0 aliphatic carbocycles. The molecule has 0 N–H and O–H groups in total. The van der Waals surface area contributed by atoms with E-state index in [4.69, 9.17) is 9.47 Å². The number of thioether (sulfide) groups is 1. The first kappa shape index (κ1) is 14.3. The lowest BCUT2D eigenvalue weighted by Crippen LogP contribution is -1.97. The third kappa shape index (κ3) is 3.91. The van der Waals surface area contributed by atoms with Crippen LogP contribution in [0, 0.1) is 0 Å². The van der Waals surface area contributed by atoms with E-state index >= 15 is 0 Å². The summed E-state index contributed by atoms with van der Waals surface area (Å²) in [5, 5.41) is 0. The number of methoxy groups -OCH3 is 1. The van der Waals surface area contributed by atoms with Crippen molar-refractivity contribution < 1.29 is 9.47 Å². The van der Waals surface area contributed by atoms with Gasteiger partial charge in [-0.3, -0.25) is 0 Å². The van der Waals surface area contributed by atoms with Crippen LogP contribution in [0.25, 0.3) is 0 Å². The van der Waals surface area contributed by atoms with Gasteiger partial charge in [0.05, 0.1) is 7.11 Å². The van der Waals surface area contributed by atoms with Crippen LogP contribution >= 0.6 is 27.7 Å². The first-order chi connectivity index (χ1) is 9.22. The van der Waals surface area contributed by atoms with Gasteiger partial charge in [-0.05, 0) is 48.7 Å². The molecular formula is C15H15BrO2S.